The first kappa shape index (κ1) is 39.9. The van der Waals surface area contributed by atoms with Crippen molar-refractivity contribution in [2.24, 2.45) is 24.0 Å². The molecule has 2 aliphatic rings. The third kappa shape index (κ3) is 9.20. The number of carbonyl (C=O) groups is 2. The quantitative estimate of drug-likeness (QED) is 0.0774. The van der Waals surface area contributed by atoms with Crippen LogP contribution in [0.15, 0.2) is 88.9 Å². The molecule has 0 bridgehead atoms. The molecule has 1 aromatic heterocycles. The predicted molar refractivity (Wildman–Crippen MR) is 211 cm³/mol. The van der Waals surface area contributed by atoms with Gasteiger partial charge in [0.2, 0.25) is 15.9 Å². The number of imidazole rings is 1. The van der Waals surface area contributed by atoms with Crippen LogP contribution in [-0.4, -0.2) is 105 Å². The Morgan fingerprint density at radius 3 is 2.40 bits per heavy atom. The smallest absolute Gasteiger partial charge is 0.321 e. The van der Waals surface area contributed by atoms with Crippen molar-refractivity contribution in [3.8, 4) is 0 Å². The lowest BCUT2D eigenvalue weighted by Gasteiger charge is -2.35. The van der Waals surface area contributed by atoms with E-state index < -0.39 is 34.1 Å². The first-order chi connectivity index (χ1) is 26.5. The molecule has 2 fully saturated rings. The van der Waals surface area contributed by atoms with Crippen LogP contribution in [0.3, 0.4) is 0 Å². The van der Waals surface area contributed by atoms with Crippen LogP contribution < -0.4 is 5.32 Å². The van der Waals surface area contributed by atoms with E-state index in [2.05, 4.69) is 10.5 Å². The number of carbonyl (C=O) groups excluding carboxylic acids is 2. The minimum absolute atomic E-state index is 0.0593. The summed E-state index contributed by atoms with van der Waals surface area (Å²) in [5, 5.41) is 27.1. The number of benzene rings is 3. The lowest BCUT2D eigenvalue weighted by Crippen LogP contribution is -2.57. The summed E-state index contributed by atoms with van der Waals surface area (Å²) in [5.74, 6) is 0.304. The lowest BCUT2D eigenvalue weighted by molar-refractivity contribution is -0.128. The van der Waals surface area contributed by atoms with Gasteiger partial charge in [0.25, 0.3) is 0 Å². The summed E-state index contributed by atoms with van der Waals surface area (Å²) in [6.45, 7) is 5.01. The van der Waals surface area contributed by atoms with Crippen molar-refractivity contribution in [3.63, 3.8) is 0 Å². The van der Waals surface area contributed by atoms with Crippen molar-refractivity contribution < 1.29 is 28.3 Å². The number of aromatic nitrogens is 2. The molecule has 13 nitrogen and oxygen atoms in total. The van der Waals surface area contributed by atoms with Gasteiger partial charge in [-0.1, -0.05) is 92.9 Å². The van der Waals surface area contributed by atoms with Crippen LogP contribution in [0.5, 0.6) is 0 Å². The highest BCUT2D eigenvalue weighted by atomic mass is 32.2. The Balaban J connectivity index is 1.24. The van der Waals surface area contributed by atoms with Gasteiger partial charge in [-0.15, -0.1) is 0 Å². The van der Waals surface area contributed by atoms with E-state index in [1.165, 1.54) is 22.7 Å². The molecule has 0 spiro atoms. The molecule has 2 unspecified atom stereocenters. The molecule has 14 heteroatoms. The number of hydrogen-bond acceptors (Lipinski definition) is 8. The largest absolute Gasteiger partial charge is 0.411 e. The summed E-state index contributed by atoms with van der Waals surface area (Å²) in [6.07, 6.45) is 4.65. The fraction of sp³-hybridized carbons (Fsp3) is 0.463. The summed E-state index contributed by atoms with van der Waals surface area (Å²) in [4.78, 5) is 36.6. The van der Waals surface area contributed by atoms with Crippen LogP contribution in [0.1, 0.15) is 62.9 Å². The Morgan fingerprint density at radius 1 is 1.04 bits per heavy atom. The van der Waals surface area contributed by atoms with Crippen molar-refractivity contribution in [2.45, 2.75) is 82.0 Å². The van der Waals surface area contributed by atoms with E-state index in [4.69, 9.17) is 10.2 Å². The van der Waals surface area contributed by atoms with Gasteiger partial charge >= 0.3 is 6.03 Å². The van der Waals surface area contributed by atoms with E-state index in [0.717, 1.165) is 48.1 Å². The Bertz CT molecular complexity index is 2050. The van der Waals surface area contributed by atoms with Crippen molar-refractivity contribution in [1.82, 2.24) is 29.0 Å². The number of aliphatic hydroxyl groups excluding tert-OH is 1. The molecular formula is C41H53N7O6S. The molecule has 1 saturated carbocycles. The average molecular weight is 772 g/mol. The third-order valence-electron chi connectivity index (χ3n) is 11.3. The first-order valence-corrected chi connectivity index (χ1v) is 20.7. The number of oxime groups is 1. The van der Waals surface area contributed by atoms with E-state index in [9.17, 15) is 23.1 Å². The summed E-state index contributed by atoms with van der Waals surface area (Å²) in [6, 6.07) is 21.4. The molecule has 0 radical (unpaired) electrons. The van der Waals surface area contributed by atoms with Gasteiger partial charge in [-0.25, -0.2) is 18.2 Å². The standard InChI is InChI=1S/C41H53N7O6S/c1-4-29(2)39(48-23-22-46(41(48)51)28-38-43-34-16-10-11-17-36(34)45(38)3)40(50)44-35(24-30-12-6-5-7-13-30)37(49)27-47(26-32-14-8-9-15-32)55(53,54)33-20-18-31(19-21-33)25-42-52/h5-7,10-13,16-21,25,29,32,35,37,39,49,52H,4,8-9,14-15,22-24,26-28H2,1-3H3,(H,44,50)/b42-25+/t29?,35-,37+,39?/m0/s1. The Morgan fingerprint density at radius 2 is 1.73 bits per heavy atom. The number of sulfonamides is 1. The van der Waals surface area contributed by atoms with Crippen molar-refractivity contribution in [3.05, 3.63) is 95.8 Å². The molecule has 1 aliphatic heterocycles. The van der Waals surface area contributed by atoms with Crippen molar-refractivity contribution >= 4 is 39.2 Å². The third-order valence-corrected chi connectivity index (χ3v) is 13.1. The number of urea groups is 1. The van der Waals surface area contributed by atoms with Gasteiger partial charge in [-0.2, -0.15) is 4.31 Å². The molecule has 3 amide bonds. The predicted octanol–water partition coefficient (Wildman–Crippen LogP) is 5.00. The molecule has 1 aliphatic carbocycles. The zero-order valence-corrected chi connectivity index (χ0v) is 32.7. The van der Waals surface area contributed by atoms with Crippen LogP contribution in [-0.2, 0) is 34.8 Å². The Kier molecular flexibility index (Phi) is 12.9. The number of nitrogens with zero attached hydrogens (tertiary/aromatic N) is 6. The summed E-state index contributed by atoms with van der Waals surface area (Å²) >= 11 is 0. The maximum absolute atomic E-state index is 14.5. The van der Waals surface area contributed by atoms with Crippen LogP contribution in [0, 0.1) is 11.8 Å². The SMILES string of the molecule is CCC(C)C(C(=O)N[C@@H](Cc1ccccc1)[C@H](O)CN(CC1CCCC1)S(=O)(=O)c1ccc(/C=N/O)cc1)N1CCN(Cc2nc3ccccc3n2C)C1=O. The number of nitrogens with one attached hydrogen (secondary N) is 1. The van der Waals surface area contributed by atoms with E-state index in [1.54, 1.807) is 21.9 Å². The number of rotatable bonds is 17. The lowest BCUT2D eigenvalue weighted by atomic mass is 9.95. The highest BCUT2D eigenvalue weighted by Crippen LogP contribution is 2.29. The van der Waals surface area contributed by atoms with Gasteiger partial charge in [0.1, 0.15) is 11.9 Å². The second-order valence-electron chi connectivity index (χ2n) is 15.0. The summed E-state index contributed by atoms with van der Waals surface area (Å²) in [5.41, 5.74) is 3.23. The normalized spacial score (nSPS) is 17.7. The number of fused-ring (bicyclic) bond motifs is 1. The van der Waals surface area contributed by atoms with Gasteiger partial charge in [0, 0.05) is 33.2 Å². The summed E-state index contributed by atoms with van der Waals surface area (Å²) in [7, 11) is -2.13. The van der Waals surface area contributed by atoms with E-state index in [0.29, 0.717) is 31.6 Å². The molecule has 6 rings (SSSR count). The minimum atomic E-state index is -4.06. The van der Waals surface area contributed by atoms with Gasteiger partial charge in [0.15, 0.2) is 0 Å². The number of para-hydroxylation sites is 2. The van der Waals surface area contributed by atoms with Crippen LogP contribution in [0.25, 0.3) is 11.0 Å². The number of hydrogen-bond donors (Lipinski definition) is 3. The molecule has 3 N–H and O–H groups in total. The van der Waals surface area contributed by atoms with E-state index in [1.807, 2.05) is 80.1 Å². The highest BCUT2D eigenvalue weighted by Gasteiger charge is 2.41. The molecule has 3 aromatic carbocycles. The molecule has 1 saturated heterocycles. The number of aliphatic hydroxyl groups is 1. The number of aryl methyl sites for hydroxylation is 1. The monoisotopic (exact) mass is 771 g/mol. The minimum Gasteiger partial charge on any atom is -0.411 e. The molecule has 4 aromatic rings. The first-order valence-electron chi connectivity index (χ1n) is 19.3. The Labute approximate surface area is 323 Å². The van der Waals surface area contributed by atoms with Crippen LogP contribution in [0.2, 0.25) is 0 Å². The van der Waals surface area contributed by atoms with Gasteiger partial charge < -0.3 is 30.0 Å². The molecule has 4 atom stereocenters. The fourth-order valence-corrected chi connectivity index (χ4v) is 9.43. The van der Waals surface area contributed by atoms with Gasteiger partial charge in [-0.3, -0.25) is 4.79 Å². The molecule has 2 heterocycles. The van der Waals surface area contributed by atoms with Gasteiger partial charge in [0.05, 0.1) is 40.8 Å². The second-order valence-corrected chi connectivity index (χ2v) is 16.9. The molecular weight excluding hydrogens is 719 g/mol. The van der Waals surface area contributed by atoms with Crippen molar-refractivity contribution in [2.75, 3.05) is 26.2 Å². The van der Waals surface area contributed by atoms with Crippen molar-refractivity contribution in [1.29, 1.82) is 0 Å². The maximum Gasteiger partial charge on any atom is 0.321 e. The number of amides is 3. The van der Waals surface area contributed by atoms with E-state index in [-0.39, 0.29) is 42.3 Å². The zero-order chi connectivity index (χ0) is 39.1. The topological polar surface area (TPSA) is 161 Å². The van der Waals surface area contributed by atoms with Crippen LogP contribution >= 0.6 is 0 Å². The Hall–Kier alpha value is -4.79. The maximum atomic E-state index is 14.5. The van der Waals surface area contributed by atoms with Crippen LogP contribution in [0.4, 0.5) is 4.79 Å². The average Bonchev–Trinajstić information content (AvgIpc) is 3.91. The zero-order valence-electron chi connectivity index (χ0n) is 31.9. The highest BCUT2D eigenvalue weighted by molar-refractivity contribution is 7.89. The van der Waals surface area contributed by atoms with Gasteiger partial charge in [-0.05, 0) is 66.5 Å². The fourth-order valence-electron chi connectivity index (χ4n) is 7.89. The molecule has 55 heavy (non-hydrogen) atoms. The summed E-state index contributed by atoms with van der Waals surface area (Å²) < 4.78 is 31.7. The van der Waals surface area contributed by atoms with E-state index >= 15 is 0 Å². The second kappa shape index (κ2) is 17.8. The molecule has 294 valence electrons.